The van der Waals surface area contributed by atoms with Crippen LogP contribution in [0.2, 0.25) is 0 Å². The first-order valence-corrected chi connectivity index (χ1v) is 6.13. The monoisotopic (exact) mass is 281 g/mol. The fourth-order valence-corrected chi connectivity index (χ4v) is 1.80. The molecule has 5 heteroatoms. The zero-order valence-electron chi connectivity index (χ0n) is 10.7. The van der Waals surface area contributed by atoms with Gasteiger partial charge in [-0.05, 0) is 23.8 Å². The van der Waals surface area contributed by atoms with Crippen LogP contribution in [-0.4, -0.2) is 6.61 Å². The lowest BCUT2D eigenvalue weighted by atomic mass is 10.2. The highest BCUT2D eigenvalue weighted by Crippen LogP contribution is 2.20. The number of alkyl halides is 2. The second-order valence-electron chi connectivity index (χ2n) is 4.22. The van der Waals surface area contributed by atoms with Crippen LogP contribution in [0.4, 0.5) is 13.2 Å². The topological polar surface area (TPSA) is 21.3 Å². The van der Waals surface area contributed by atoms with Crippen molar-refractivity contribution < 1.29 is 17.9 Å². The van der Waals surface area contributed by atoms with Crippen LogP contribution in [0.3, 0.4) is 0 Å². The molecule has 2 rings (SSSR count). The molecule has 106 valence electrons. The normalized spacial score (nSPS) is 10.8. The second kappa shape index (κ2) is 6.96. The van der Waals surface area contributed by atoms with E-state index in [-0.39, 0.29) is 11.6 Å². The molecular formula is C15H14F3NO. The molecule has 0 amide bonds. The van der Waals surface area contributed by atoms with Crippen LogP contribution >= 0.6 is 0 Å². The van der Waals surface area contributed by atoms with E-state index < -0.39 is 6.61 Å². The van der Waals surface area contributed by atoms with Crippen LogP contribution in [0.15, 0.2) is 48.5 Å². The second-order valence-corrected chi connectivity index (χ2v) is 4.22. The van der Waals surface area contributed by atoms with Crippen LogP contribution < -0.4 is 10.1 Å². The van der Waals surface area contributed by atoms with Crippen molar-refractivity contribution in [3.63, 3.8) is 0 Å². The van der Waals surface area contributed by atoms with Crippen molar-refractivity contribution in [3.05, 3.63) is 65.5 Å². The van der Waals surface area contributed by atoms with Crippen molar-refractivity contribution in [2.24, 2.45) is 0 Å². The van der Waals surface area contributed by atoms with Gasteiger partial charge in [0.1, 0.15) is 11.6 Å². The van der Waals surface area contributed by atoms with E-state index in [2.05, 4.69) is 10.1 Å². The van der Waals surface area contributed by atoms with E-state index in [0.29, 0.717) is 18.7 Å². The van der Waals surface area contributed by atoms with Crippen molar-refractivity contribution in [2.75, 3.05) is 0 Å². The number of benzene rings is 2. The summed E-state index contributed by atoms with van der Waals surface area (Å²) in [7, 11) is 0. The average Bonchev–Trinajstić information content (AvgIpc) is 2.42. The fraction of sp³-hybridized carbons (Fsp3) is 0.200. The summed E-state index contributed by atoms with van der Waals surface area (Å²) in [6.45, 7) is -1.93. The molecule has 0 saturated heterocycles. The molecule has 0 bridgehead atoms. The Bertz CT molecular complexity index is 543. The standard InChI is InChI=1S/C15H14F3NO/c16-13-7-5-11(6-8-13)9-19-10-12-3-1-2-4-14(12)20-15(17)18/h1-8,15,19H,9-10H2. The summed E-state index contributed by atoms with van der Waals surface area (Å²) in [5, 5.41) is 3.10. The third-order valence-corrected chi connectivity index (χ3v) is 2.75. The SMILES string of the molecule is Fc1ccc(CNCc2ccccc2OC(F)F)cc1. The van der Waals surface area contributed by atoms with E-state index in [1.54, 1.807) is 30.3 Å². The number of halogens is 3. The largest absolute Gasteiger partial charge is 0.434 e. The van der Waals surface area contributed by atoms with E-state index in [0.717, 1.165) is 5.56 Å². The van der Waals surface area contributed by atoms with E-state index in [4.69, 9.17) is 0 Å². The summed E-state index contributed by atoms with van der Waals surface area (Å²) in [4.78, 5) is 0. The van der Waals surface area contributed by atoms with Gasteiger partial charge in [-0.25, -0.2) is 4.39 Å². The lowest BCUT2D eigenvalue weighted by Crippen LogP contribution is -2.14. The van der Waals surface area contributed by atoms with E-state index in [9.17, 15) is 13.2 Å². The number of hydrogen-bond acceptors (Lipinski definition) is 2. The van der Waals surface area contributed by atoms with Gasteiger partial charge in [0, 0.05) is 18.7 Å². The molecule has 0 fully saturated rings. The number of ether oxygens (including phenoxy) is 1. The Morgan fingerprint density at radius 1 is 0.950 bits per heavy atom. The summed E-state index contributed by atoms with van der Waals surface area (Å²) in [6.07, 6.45) is 0. The highest BCUT2D eigenvalue weighted by molar-refractivity contribution is 5.33. The molecule has 0 unspecified atom stereocenters. The molecule has 0 heterocycles. The van der Waals surface area contributed by atoms with Gasteiger partial charge >= 0.3 is 6.61 Å². The van der Waals surface area contributed by atoms with Crippen molar-refractivity contribution in [3.8, 4) is 5.75 Å². The predicted molar refractivity (Wildman–Crippen MR) is 70.0 cm³/mol. The Kier molecular flexibility index (Phi) is 5.01. The fourth-order valence-electron chi connectivity index (χ4n) is 1.80. The molecule has 0 spiro atoms. The minimum atomic E-state index is -2.84. The first-order valence-electron chi connectivity index (χ1n) is 6.13. The van der Waals surface area contributed by atoms with Gasteiger partial charge in [-0.15, -0.1) is 0 Å². The highest BCUT2D eigenvalue weighted by Gasteiger charge is 2.08. The number of rotatable bonds is 6. The molecule has 0 aliphatic carbocycles. The van der Waals surface area contributed by atoms with Crippen LogP contribution in [0.5, 0.6) is 5.75 Å². The zero-order valence-corrected chi connectivity index (χ0v) is 10.7. The van der Waals surface area contributed by atoms with Gasteiger partial charge in [0.05, 0.1) is 0 Å². The maximum Gasteiger partial charge on any atom is 0.387 e. The molecule has 0 atom stereocenters. The molecule has 0 aromatic heterocycles. The van der Waals surface area contributed by atoms with Gasteiger partial charge in [0.25, 0.3) is 0 Å². The van der Waals surface area contributed by atoms with E-state index in [1.807, 2.05) is 0 Å². The molecule has 0 aliphatic heterocycles. The van der Waals surface area contributed by atoms with Gasteiger partial charge in [-0.2, -0.15) is 8.78 Å². The molecule has 0 saturated carbocycles. The molecule has 2 aromatic carbocycles. The van der Waals surface area contributed by atoms with E-state index >= 15 is 0 Å². The summed E-state index contributed by atoms with van der Waals surface area (Å²) >= 11 is 0. The number of para-hydroxylation sites is 1. The lowest BCUT2D eigenvalue weighted by molar-refractivity contribution is -0.0505. The number of hydrogen-bond donors (Lipinski definition) is 1. The Hall–Kier alpha value is -2.01. The smallest absolute Gasteiger partial charge is 0.387 e. The minimum absolute atomic E-state index is 0.161. The molecule has 20 heavy (non-hydrogen) atoms. The Morgan fingerprint density at radius 3 is 2.35 bits per heavy atom. The maximum absolute atomic E-state index is 12.7. The molecule has 2 aromatic rings. The van der Waals surface area contributed by atoms with Gasteiger partial charge in [0.15, 0.2) is 0 Å². The predicted octanol–water partition coefficient (Wildman–Crippen LogP) is 3.72. The van der Waals surface area contributed by atoms with Crippen LogP contribution in [0, 0.1) is 5.82 Å². The van der Waals surface area contributed by atoms with Gasteiger partial charge in [-0.1, -0.05) is 30.3 Å². The summed E-state index contributed by atoms with van der Waals surface area (Å²) < 4.78 is 41.7. The van der Waals surface area contributed by atoms with Crippen LogP contribution in [-0.2, 0) is 13.1 Å². The highest BCUT2D eigenvalue weighted by atomic mass is 19.3. The summed E-state index contributed by atoms with van der Waals surface area (Å²) in [5.41, 5.74) is 1.56. The summed E-state index contributed by atoms with van der Waals surface area (Å²) in [6, 6.07) is 12.7. The third-order valence-electron chi connectivity index (χ3n) is 2.75. The quantitative estimate of drug-likeness (QED) is 0.871. The first kappa shape index (κ1) is 14.4. The van der Waals surface area contributed by atoms with Crippen molar-refractivity contribution >= 4 is 0 Å². The van der Waals surface area contributed by atoms with Gasteiger partial charge in [0.2, 0.25) is 0 Å². The molecule has 0 aliphatic rings. The van der Waals surface area contributed by atoms with E-state index in [1.165, 1.54) is 18.2 Å². The number of nitrogens with one attached hydrogen (secondary N) is 1. The van der Waals surface area contributed by atoms with Crippen LogP contribution in [0.25, 0.3) is 0 Å². The Morgan fingerprint density at radius 2 is 1.65 bits per heavy atom. The summed E-state index contributed by atoms with van der Waals surface area (Å²) in [5.74, 6) is -0.126. The zero-order chi connectivity index (χ0) is 14.4. The van der Waals surface area contributed by atoms with Crippen molar-refractivity contribution in [1.82, 2.24) is 5.32 Å². The molecule has 1 N–H and O–H groups in total. The third kappa shape index (κ3) is 4.28. The maximum atomic E-state index is 12.7. The average molecular weight is 281 g/mol. The van der Waals surface area contributed by atoms with Crippen molar-refractivity contribution in [1.29, 1.82) is 0 Å². The molecular weight excluding hydrogens is 267 g/mol. The minimum Gasteiger partial charge on any atom is -0.434 e. The van der Waals surface area contributed by atoms with Crippen LogP contribution in [0.1, 0.15) is 11.1 Å². The Labute approximate surface area is 115 Å². The van der Waals surface area contributed by atoms with Gasteiger partial charge in [-0.3, -0.25) is 0 Å². The first-order chi connectivity index (χ1) is 9.65. The Balaban J connectivity index is 1.92. The molecule has 0 radical (unpaired) electrons. The lowest BCUT2D eigenvalue weighted by Gasteiger charge is -2.11. The molecule has 2 nitrogen and oxygen atoms in total. The van der Waals surface area contributed by atoms with Crippen molar-refractivity contribution in [2.45, 2.75) is 19.7 Å². The van der Waals surface area contributed by atoms with Gasteiger partial charge < -0.3 is 10.1 Å².